The van der Waals surface area contributed by atoms with Crippen LogP contribution in [0, 0.1) is 0 Å². The molecule has 0 saturated heterocycles. The van der Waals surface area contributed by atoms with Crippen LogP contribution in [0.5, 0.6) is 0 Å². The summed E-state index contributed by atoms with van der Waals surface area (Å²) < 4.78 is 2.17. The molecule has 0 aromatic carbocycles. The first-order valence-electron chi connectivity index (χ1n) is 5.36. The molecule has 0 N–H and O–H groups in total. The summed E-state index contributed by atoms with van der Waals surface area (Å²) in [5.74, 6) is 0. The predicted molar refractivity (Wildman–Crippen MR) is 64.4 cm³/mol. The highest BCUT2D eigenvalue weighted by Gasteiger charge is 2.23. The molecular formula is C13H21NO. The Morgan fingerprint density at radius 3 is 2.00 bits per heavy atom. The van der Waals surface area contributed by atoms with E-state index in [2.05, 4.69) is 46.1 Å². The quantitative estimate of drug-likeness (QED) is 0.641. The predicted octanol–water partition coefficient (Wildman–Crippen LogP) is 2.90. The molecule has 0 aliphatic carbocycles. The molecule has 0 unspecified atom stereocenters. The van der Waals surface area contributed by atoms with E-state index in [-0.39, 0.29) is 16.4 Å². The Balaban J connectivity index is 3.48. The van der Waals surface area contributed by atoms with Crippen molar-refractivity contribution in [3.63, 3.8) is 0 Å². The van der Waals surface area contributed by atoms with E-state index < -0.39 is 0 Å². The van der Waals surface area contributed by atoms with Gasteiger partial charge in [0.1, 0.15) is 0 Å². The zero-order valence-corrected chi connectivity index (χ0v) is 10.6. The van der Waals surface area contributed by atoms with E-state index in [4.69, 9.17) is 0 Å². The molecule has 2 heteroatoms. The number of nitrogens with zero attached hydrogens (tertiary/aromatic N) is 1. The second kappa shape index (κ2) is 3.51. The third kappa shape index (κ3) is 2.71. The molecule has 1 aromatic heterocycles. The highest BCUT2D eigenvalue weighted by Crippen LogP contribution is 2.25. The van der Waals surface area contributed by atoms with Crippen molar-refractivity contribution >= 4 is 0 Å². The molecule has 1 heterocycles. The lowest BCUT2D eigenvalue weighted by atomic mass is 9.89. The van der Waals surface area contributed by atoms with E-state index in [0.717, 1.165) is 5.69 Å². The SMILES string of the molecule is CC(C)(C)c1cc(=O)ccn1C(C)(C)C. The molecule has 0 bridgehead atoms. The molecular weight excluding hydrogens is 186 g/mol. The van der Waals surface area contributed by atoms with Gasteiger partial charge in [0.25, 0.3) is 0 Å². The van der Waals surface area contributed by atoms with Crippen LogP contribution in [-0.4, -0.2) is 4.57 Å². The van der Waals surface area contributed by atoms with Gasteiger partial charge in [-0.05, 0) is 20.8 Å². The van der Waals surface area contributed by atoms with Crippen LogP contribution < -0.4 is 5.43 Å². The van der Waals surface area contributed by atoms with Gasteiger partial charge < -0.3 is 4.57 Å². The molecule has 0 spiro atoms. The Morgan fingerprint density at radius 2 is 1.60 bits per heavy atom. The van der Waals surface area contributed by atoms with Gasteiger partial charge in [-0.1, -0.05) is 20.8 Å². The van der Waals surface area contributed by atoms with Crippen molar-refractivity contribution < 1.29 is 0 Å². The van der Waals surface area contributed by atoms with Crippen molar-refractivity contribution in [1.29, 1.82) is 0 Å². The highest BCUT2D eigenvalue weighted by atomic mass is 16.1. The molecule has 0 saturated carbocycles. The van der Waals surface area contributed by atoms with Gasteiger partial charge in [-0.25, -0.2) is 0 Å². The molecule has 1 aromatic rings. The minimum Gasteiger partial charge on any atom is -0.345 e. The number of pyridine rings is 1. The summed E-state index contributed by atoms with van der Waals surface area (Å²) in [7, 11) is 0. The van der Waals surface area contributed by atoms with Crippen molar-refractivity contribution in [3.8, 4) is 0 Å². The first-order valence-corrected chi connectivity index (χ1v) is 5.36. The number of hydrogen-bond donors (Lipinski definition) is 0. The normalized spacial score (nSPS) is 12.9. The molecule has 0 fully saturated rings. The maximum atomic E-state index is 11.4. The fraction of sp³-hybridized carbons (Fsp3) is 0.615. The molecule has 84 valence electrons. The second-order valence-electron chi connectivity index (χ2n) is 6.04. The Labute approximate surface area is 91.9 Å². The number of hydrogen-bond acceptors (Lipinski definition) is 1. The first kappa shape index (κ1) is 12.0. The van der Waals surface area contributed by atoms with Crippen LogP contribution in [0.1, 0.15) is 47.2 Å². The van der Waals surface area contributed by atoms with Crippen molar-refractivity contribution in [2.24, 2.45) is 0 Å². The Kier molecular flexibility index (Phi) is 2.81. The Morgan fingerprint density at radius 1 is 1.07 bits per heavy atom. The van der Waals surface area contributed by atoms with E-state index in [0.29, 0.717) is 0 Å². The van der Waals surface area contributed by atoms with Crippen LogP contribution in [0.15, 0.2) is 23.1 Å². The summed E-state index contributed by atoms with van der Waals surface area (Å²) >= 11 is 0. The lowest BCUT2D eigenvalue weighted by molar-refractivity contribution is 0.354. The summed E-state index contributed by atoms with van der Waals surface area (Å²) in [6.45, 7) is 12.8. The average molecular weight is 207 g/mol. The van der Waals surface area contributed by atoms with Crippen molar-refractivity contribution in [2.75, 3.05) is 0 Å². The van der Waals surface area contributed by atoms with Gasteiger partial charge in [0.2, 0.25) is 0 Å². The fourth-order valence-corrected chi connectivity index (χ4v) is 1.64. The van der Waals surface area contributed by atoms with Gasteiger partial charge in [-0.2, -0.15) is 0 Å². The lowest BCUT2D eigenvalue weighted by Gasteiger charge is -2.32. The van der Waals surface area contributed by atoms with E-state index >= 15 is 0 Å². The van der Waals surface area contributed by atoms with Gasteiger partial charge in [-0.15, -0.1) is 0 Å². The van der Waals surface area contributed by atoms with E-state index in [1.54, 1.807) is 12.1 Å². The molecule has 1 rings (SSSR count). The molecule has 0 radical (unpaired) electrons. The van der Waals surface area contributed by atoms with Crippen molar-refractivity contribution in [1.82, 2.24) is 4.57 Å². The molecule has 2 nitrogen and oxygen atoms in total. The van der Waals surface area contributed by atoms with E-state index in [1.165, 1.54) is 0 Å². The van der Waals surface area contributed by atoms with Crippen molar-refractivity contribution in [3.05, 3.63) is 34.2 Å². The van der Waals surface area contributed by atoms with Gasteiger partial charge in [0, 0.05) is 35.0 Å². The molecule has 0 aliphatic rings. The summed E-state index contributed by atoms with van der Waals surface area (Å²) in [5, 5.41) is 0. The topological polar surface area (TPSA) is 22.0 Å². The first-order chi connectivity index (χ1) is 6.62. The van der Waals surface area contributed by atoms with Crippen LogP contribution in [0.25, 0.3) is 0 Å². The zero-order valence-electron chi connectivity index (χ0n) is 10.6. The highest BCUT2D eigenvalue weighted by molar-refractivity contribution is 5.17. The molecule has 0 aliphatic heterocycles. The van der Waals surface area contributed by atoms with E-state index in [9.17, 15) is 4.79 Å². The minimum atomic E-state index is -0.00625. The third-order valence-electron chi connectivity index (χ3n) is 2.42. The molecule has 0 atom stereocenters. The number of rotatable bonds is 0. The monoisotopic (exact) mass is 207 g/mol. The third-order valence-corrected chi connectivity index (χ3v) is 2.42. The standard InChI is InChI=1S/C13H21NO/c1-12(2,3)11-9-10(15)7-8-14(11)13(4,5)6/h7-9H,1-6H3. The maximum absolute atomic E-state index is 11.4. The van der Waals surface area contributed by atoms with Crippen LogP contribution in [0.3, 0.4) is 0 Å². The van der Waals surface area contributed by atoms with Crippen LogP contribution >= 0.6 is 0 Å². The molecule has 0 amide bonds. The van der Waals surface area contributed by atoms with Gasteiger partial charge in [0.15, 0.2) is 5.43 Å². The Bertz CT molecular complexity index is 402. The van der Waals surface area contributed by atoms with E-state index in [1.807, 2.05) is 6.20 Å². The minimum absolute atomic E-state index is 0.00625. The fourth-order valence-electron chi connectivity index (χ4n) is 1.64. The zero-order chi connectivity index (χ0) is 11.9. The van der Waals surface area contributed by atoms with Gasteiger partial charge >= 0.3 is 0 Å². The van der Waals surface area contributed by atoms with Gasteiger partial charge in [-0.3, -0.25) is 4.79 Å². The summed E-state index contributed by atoms with van der Waals surface area (Å²) in [4.78, 5) is 11.4. The second-order valence-corrected chi connectivity index (χ2v) is 6.04. The van der Waals surface area contributed by atoms with Crippen LogP contribution in [0.4, 0.5) is 0 Å². The van der Waals surface area contributed by atoms with Gasteiger partial charge in [0.05, 0.1) is 0 Å². The van der Waals surface area contributed by atoms with Crippen LogP contribution in [0.2, 0.25) is 0 Å². The summed E-state index contributed by atoms with van der Waals surface area (Å²) in [5.41, 5.74) is 1.17. The number of aromatic nitrogens is 1. The summed E-state index contributed by atoms with van der Waals surface area (Å²) in [6.07, 6.45) is 1.89. The largest absolute Gasteiger partial charge is 0.345 e. The molecule has 15 heavy (non-hydrogen) atoms. The smallest absolute Gasteiger partial charge is 0.181 e. The van der Waals surface area contributed by atoms with Crippen molar-refractivity contribution in [2.45, 2.75) is 52.5 Å². The summed E-state index contributed by atoms with van der Waals surface area (Å²) in [6, 6.07) is 3.37. The Hall–Kier alpha value is -1.05. The maximum Gasteiger partial charge on any atom is 0.181 e. The van der Waals surface area contributed by atoms with Crippen LogP contribution in [-0.2, 0) is 11.0 Å². The lowest BCUT2D eigenvalue weighted by Crippen LogP contribution is -2.31. The average Bonchev–Trinajstić information content (AvgIpc) is 2.00.